The second-order valence-electron chi connectivity index (χ2n) is 4.82. The Morgan fingerprint density at radius 2 is 2.12 bits per heavy atom. The zero-order valence-electron chi connectivity index (χ0n) is 10.6. The fraction of sp³-hybridized carbons (Fsp3) is 0.750. The summed E-state index contributed by atoms with van der Waals surface area (Å²) in [5.74, 6) is -0.00960. The van der Waals surface area contributed by atoms with Gasteiger partial charge in [-0.05, 0) is 25.7 Å². The summed E-state index contributed by atoms with van der Waals surface area (Å²) < 4.78 is 0. The largest absolute Gasteiger partial charge is 0.355 e. The van der Waals surface area contributed by atoms with E-state index in [1.165, 1.54) is 4.90 Å². The molecular weight excluding hydrogens is 218 g/mol. The molecule has 17 heavy (non-hydrogen) atoms. The maximum Gasteiger partial charge on any atom is 0.243 e. The third kappa shape index (κ3) is 2.76. The smallest absolute Gasteiger partial charge is 0.243 e. The molecular formula is C12H19N3O2. The molecule has 0 heterocycles. The van der Waals surface area contributed by atoms with Gasteiger partial charge in [-0.2, -0.15) is 5.26 Å². The minimum atomic E-state index is -0.888. The number of amides is 2. The number of hydrogen-bond acceptors (Lipinski definition) is 3. The molecule has 94 valence electrons. The van der Waals surface area contributed by atoms with Crippen LogP contribution in [0.2, 0.25) is 0 Å². The second-order valence-corrected chi connectivity index (χ2v) is 4.82. The van der Waals surface area contributed by atoms with Crippen molar-refractivity contribution in [2.24, 2.45) is 11.3 Å². The lowest BCUT2D eigenvalue weighted by atomic mass is 9.63. The van der Waals surface area contributed by atoms with E-state index >= 15 is 0 Å². The number of carbonyl (C=O) groups is 2. The van der Waals surface area contributed by atoms with Crippen molar-refractivity contribution in [3.05, 3.63) is 0 Å². The first-order chi connectivity index (χ1) is 7.95. The Bertz CT molecular complexity index is 353. The summed E-state index contributed by atoms with van der Waals surface area (Å²) in [7, 11) is 1.57. The van der Waals surface area contributed by atoms with E-state index in [1.807, 2.05) is 13.8 Å². The highest BCUT2D eigenvalue weighted by Crippen LogP contribution is 2.45. The molecule has 0 aromatic rings. The van der Waals surface area contributed by atoms with E-state index in [-0.39, 0.29) is 18.4 Å². The molecule has 0 saturated heterocycles. The number of likely N-dealkylation sites (N-methyl/N-ethyl adjacent to an activating group) is 2. The lowest BCUT2D eigenvalue weighted by Crippen LogP contribution is -2.50. The summed E-state index contributed by atoms with van der Waals surface area (Å²) in [5, 5.41) is 11.7. The summed E-state index contributed by atoms with van der Waals surface area (Å²) in [5.41, 5.74) is -0.888. The van der Waals surface area contributed by atoms with Crippen molar-refractivity contribution in [1.29, 1.82) is 5.26 Å². The van der Waals surface area contributed by atoms with Crippen molar-refractivity contribution in [1.82, 2.24) is 10.2 Å². The molecule has 0 aromatic heterocycles. The summed E-state index contributed by atoms with van der Waals surface area (Å²) in [6, 6.07) is 2.11. The van der Waals surface area contributed by atoms with Crippen molar-refractivity contribution in [3.8, 4) is 6.07 Å². The highest BCUT2D eigenvalue weighted by molar-refractivity contribution is 5.90. The van der Waals surface area contributed by atoms with Crippen LogP contribution in [0.4, 0.5) is 0 Å². The molecule has 1 rings (SSSR count). The Morgan fingerprint density at radius 3 is 2.53 bits per heavy atom. The van der Waals surface area contributed by atoms with Gasteiger partial charge < -0.3 is 10.2 Å². The first-order valence-corrected chi connectivity index (χ1v) is 5.88. The van der Waals surface area contributed by atoms with Crippen LogP contribution in [0.15, 0.2) is 0 Å². The Kier molecular flexibility index (Phi) is 4.11. The topological polar surface area (TPSA) is 73.2 Å². The second kappa shape index (κ2) is 5.17. The molecule has 0 aliphatic heterocycles. The number of hydrogen-bond donors (Lipinski definition) is 1. The van der Waals surface area contributed by atoms with Crippen molar-refractivity contribution >= 4 is 11.8 Å². The van der Waals surface area contributed by atoms with Gasteiger partial charge >= 0.3 is 0 Å². The summed E-state index contributed by atoms with van der Waals surface area (Å²) in [6.45, 7) is 4.41. The van der Waals surface area contributed by atoms with Crippen LogP contribution in [-0.2, 0) is 9.59 Å². The van der Waals surface area contributed by atoms with Crippen LogP contribution in [0.3, 0.4) is 0 Å². The molecule has 0 spiro atoms. The van der Waals surface area contributed by atoms with Crippen molar-refractivity contribution in [2.75, 3.05) is 20.1 Å². The van der Waals surface area contributed by atoms with Crippen LogP contribution in [0.25, 0.3) is 0 Å². The van der Waals surface area contributed by atoms with Crippen LogP contribution in [0, 0.1) is 22.7 Å². The standard InChI is InChI=1S/C12H19N3O2/c1-4-14-10(16)7-15(3)11(17)12(8-13)5-9(2)6-12/h9H,4-7H2,1-3H3,(H,14,16). The molecule has 1 N–H and O–H groups in total. The van der Waals surface area contributed by atoms with Crippen LogP contribution >= 0.6 is 0 Å². The van der Waals surface area contributed by atoms with E-state index in [4.69, 9.17) is 5.26 Å². The predicted molar refractivity (Wildman–Crippen MR) is 62.8 cm³/mol. The van der Waals surface area contributed by atoms with Gasteiger partial charge in [0.25, 0.3) is 0 Å². The Morgan fingerprint density at radius 1 is 1.53 bits per heavy atom. The monoisotopic (exact) mass is 237 g/mol. The predicted octanol–water partition coefficient (Wildman–Crippen LogP) is 0.521. The Hall–Kier alpha value is -1.57. The van der Waals surface area contributed by atoms with E-state index in [0.717, 1.165) is 0 Å². The molecule has 5 nitrogen and oxygen atoms in total. The quantitative estimate of drug-likeness (QED) is 0.774. The molecule has 0 unspecified atom stereocenters. The van der Waals surface area contributed by atoms with Gasteiger partial charge in [-0.3, -0.25) is 9.59 Å². The lowest BCUT2D eigenvalue weighted by molar-refractivity contribution is -0.146. The third-order valence-electron chi connectivity index (χ3n) is 3.12. The number of carbonyl (C=O) groups excluding carboxylic acids is 2. The highest BCUT2D eigenvalue weighted by Gasteiger charge is 2.50. The third-order valence-corrected chi connectivity index (χ3v) is 3.12. The van der Waals surface area contributed by atoms with Gasteiger partial charge in [0.05, 0.1) is 12.6 Å². The molecule has 1 aliphatic rings. The van der Waals surface area contributed by atoms with Crippen LogP contribution in [-0.4, -0.2) is 36.9 Å². The average Bonchev–Trinajstić information content (AvgIpc) is 2.23. The molecule has 2 amide bonds. The van der Waals surface area contributed by atoms with Crippen molar-refractivity contribution in [3.63, 3.8) is 0 Å². The zero-order valence-corrected chi connectivity index (χ0v) is 10.6. The van der Waals surface area contributed by atoms with Gasteiger partial charge in [0.15, 0.2) is 0 Å². The van der Waals surface area contributed by atoms with Gasteiger partial charge in [0, 0.05) is 13.6 Å². The molecule has 0 bridgehead atoms. The Labute approximate surface area is 102 Å². The Balaban J connectivity index is 2.58. The zero-order chi connectivity index (χ0) is 13.1. The average molecular weight is 237 g/mol. The molecule has 0 aromatic carbocycles. The van der Waals surface area contributed by atoms with E-state index in [1.54, 1.807) is 7.05 Å². The van der Waals surface area contributed by atoms with Gasteiger partial charge in [-0.15, -0.1) is 0 Å². The fourth-order valence-corrected chi connectivity index (χ4v) is 2.35. The van der Waals surface area contributed by atoms with Crippen LogP contribution in [0.5, 0.6) is 0 Å². The number of rotatable bonds is 4. The number of nitriles is 1. The normalized spacial score (nSPS) is 26.6. The maximum atomic E-state index is 12.1. The first kappa shape index (κ1) is 13.5. The summed E-state index contributed by atoms with van der Waals surface area (Å²) in [4.78, 5) is 24.8. The van der Waals surface area contributed by atoms with E-state index in [0.29, 0.717) is 25.3 Å². The van der Waals surface area contributed by atoms with Crippen LogP contribution in [0.1, 0.15) is 26.7 Å². The van der Waals surface area contributed by atoms with E-state index in [2.05, 4.69) is 11.4 Å². The molecule has 0 radical (unpaired) electrons. The minimum Gasteiger partial charge on any atom is -0.355 e. The van der Waals surface area contributed by atoms with Gasteiger partial charge in [-0.1, -0.05) is 6.92 Å². The van der Waals surface area contributed by atoms with Crippen molar-refractivity contribution < 1.29 is 9.59 Å². The number of nitrogens with one attached hydrogen (secondary N) is 1. The van der Waals surface area contributed by atoms with Crippen LogP contribution < -0.4 is 5.32 Å². The molecule has 0 atom stereocenters. The highest BCUT2D eigenvalue weighted by atomic mass is 16.2. The van der Waals surface area contributed by atoms with E-state index in [9.17, 15) is 9.59 Å². The molecule has 5 heteroatoms. The minimum absolute atomic E-state index is 0.0183. The van der Waals surface area contributed by atoms with Gasteiger partial charge in [-0.25, -0.2) is 0 Å². The molecule has 1 fully saturated rings. The summed E-state index contributed by atoms with van der Waals surface area (Å²) >= 11 is 0. The van der Waals surface area contributed by atoms with E-state index < -0.39 is 5.41 Å². The number of nitrogens with zero attached hydrogens (tertiary/aromatic N) is 2. The lowest BCUT2D eigenvalue weighted by Gasteiger charge is -2.41. The summed E-state index contributed by atoms with van der Waals surface area (Å²) in [6.07, 6.45) is 1.20. The fourth-order valence-electron chi connectivity index (χ4n) is 2.35. The maximum absolute atomic E-state index is 12.1. The van der Waals surface area contributed by atoms with Gasteiger partial charge in [0.1, 0.15) is 5.41 Å². The SMILES string of the molecule is CCNC(=O)CN(C)C(=O)C1(C#N)CC(C)C1. The molecule has 1 aliphatic carbocycles. The van der Waals surface area contributed by atoms with Crippen molar-refractivity contribution in [2.45, 2.75) is 26.7 Å². The van der Waals surface area contributed by atoms with Gasteiger partial charge in [0.2, 0.25) is 11.8 Å². The first-order valence-electron chi connectivity index (χ1n) is 5.88. The molecule has 1 saturated carbocycles.